The van der Waals surface area contributed by atoms with E-state index in [2.05, 4.69) is 48.4 Å². The van der Waals surface area contributed by atoms with Crippen LogP contribution in [0.2, 0.25) is 0 Å². The molecule has 2 aromatic rings. The number of hydrogen-bond acceptors (Lipinski definition) is 2. The molecule has 0 N–H and O–H groups in total. The first-order chi connectivity index (χ1) is 9.56. The van der Waals surface area contributed by atoms with Crippen LogP contribution in [0.15, 0.2) is 18.2 Å². The molecule has 1 atom stereocenters. The SMILES string of the molecule is CCN(CC)CCn1c(C(C)Cl)nc2ccc(C)cc21. The van der Waals surface area contributed by atoms with E-state index in [1.165, 1.54) is 11.1 Å². The maximum atomic E-state index is 6.31. The standard InChI is InChI=1S/C16H24ClN3/c1-5-19(6-2)9-10-20-15-11-12(3)7-8-14(15)18-16(20)13(4)17/h7-8,11,13H,5-6,9-10H2,1-4H3. The molecule has 20 heavy (non-hydrogen) atoms. The van der Waals surface area contributed by atoms with Crippen LogP contribution in [0.4, 0.5) is 0 Å². The Hall–Kier alpha value is -1.06. The molecule has 0 amide bonds. The molecule has 1 aromatic carbocycles. The van der Waals surface area contributed by atoms with Gasteiger partial charge in [-0.1, -0.05) is 19.9 Å². The second-order valence-electron chi connectivity index (χ2n) is 5.26. The van der Waals surface area contributed by atoms with E-state index in [1.807, 2.05) is 6.92 Å². The summed E-state index contributed by atoms with van der Waals surface area (Å²) >= 11 is 6.31. The molecule has 0 aliphatic carbocycles. The van der Waals surface area contributed by atoms with Crippen LogP contribution in [0.25, 0.3) is 11.0 Å². The van der Waals surface area contributed by atoms with Gasteiger partial charge in [-0.15, -0.1) is 11.6 Å². The van der Waals surface area contributed by atoms with E-state index in [1.54, 1.807) is 0 Å². The summed E-state index contributed by atoms with van der Waals surface area (Å²) in [6, 6.07) is 6.39. The lowest BCUT2D eigenvalue weighted by Crippen LogP contribution is -2.27. The maximum Gasteiger partial charge on any atom is 0.127 e. The highest BCUT2D eigenvalue weighted by molar-refractivity contribution is 6.20. The topological polar surface area (TPSA) is 21.1 Å². The Bertz CT molecular complexity index is 570. The number of rotatable bonds is 6. The summed E-state index contributed by atoms with van der Waals surface area (Å²) in [5.74, 6) is 0.972. The summed E-state index contributed by atoms with van der Waals surface area (Å²) in [4.78, 5) is 7.12. The summed E-state index contributed by atoms with van der Waals surface area (Å²) in [5, 5.41) is -0.0700. The van der Waals surface area contributed by atoms with Crippen LogP contribution in [0, 0.1) is 6.92 Å². The Labute approximate surface area is 126 Å². The number of benzene rings is 1. The van der Waals surface area contributed by atoms with Crippen LogP contribution in [-0.2, 0) is 6.54 Å². The van der Waals surface area contributed by atoms with Crippen molar-refractivity contribution in [2.45, 2.75) is 39.6 Å². The highest BCUT2D eigenvalue weighted by atomic mass is 35.5. The lowest BCUT2D eigenvalue weighted by atomic mass is 10.2. The number of nitrogens with zero attached hydrogens (tertiary/aromatic N) is 3. The number of aromatic nitrogens is 2. The van der Waals surface area contributed by atoms with E-state index < -0.39 is 0 Å². The third kappa shape index (κ3) is 3.15. The summed E-state index contributed by atoms with van der Waals surface area (Å²) in [6.07, 6.45) is 0. The second kappa shape index (κ2) is 6.59. The van der Waals surface area contributed by atoms with E-state index in [-0.39, 0.29) is 5.38 Å². The number of likely N-dealkylation sites (N-methyl/N-ethyl adjacent to an activating group) is 1. The van der Waals surface area contributed by atoms with E-state index in [0.717, 1.165) is 37.5 Å². The minimum atomic E-state index is -0.0700. The van der Waals surface area contributed by atoms with Crippen LogP contribution in [0.3, 0.4) is 0 Å². The van der Waals surface area contributed by atoms with Gasteiger partial charge in [0, 0.05) is 13.1 Å². The fourth-order valence-electron chi connectivity index (χ4n) is 2.57. The number of alkyl halides is 1. The molecule has 0 bridgehead atoms. The van der Waals surface area contributed by atoms with E-state index >= 15 is 0 Å². The first kappa shape index (κ1) is 15.3. The molecule has 3 nitrogen and oxygen atoms in total. The minimum absolute atomic E-state index is 0.0700. The lowest BCUT2D eigenvalue weighted by molar-refractivity contribution is 0.290. The van der Waals surface area contributed by atoms with Crippen molar-refractivity contribution in [3.8, 4) is 0 Å². The van der Waals surface area contributed by atoms with Gasteiger partial charge in [-0.3, -0.25) is 0 Å². The van der Waals surface area contributed by atoms with Gasteiger partial charge in [-0.05, 0) is 44.6 Å². The number of imidazole rings is 1. The molecule has 0 aliphatic rings. The molecule has 0 fully saturated rings. The summed E-state index contributed by atoms with van der Waals surface area (Å²) in [7, 11) is 0. The van der Waals surface area contributed by atoms with Crippen molar-refractivity contribution in [3.63, 3.8) is 0 Å². The van der Waals surface area contributed by atoms with Gasteiger partial charge in [0.2, 0.25) is 0 Å². The van der Waals surface area contributed by atoms with E-state index in [9.17, 15) is 0 Å². The van der Waals surface area contributed by atoms with Gasteiger partial charge >= 0.3 is 0 Å². The Morgan fingerprint density at radius 3 is 2.60 bits per heavy atom. The minimum Gasteiger partial charge on any atom is -0.325 e. The van der Waals surface area contributed by atoms with Gasteiger partial charge < -0.3 is 9.47 Å². The maximum absolute atomic E-state index is 6.31. The third-order valence-corrected chi connectivity index (χ3v) is 4.02. The van der Waals surface area contributed by atoms with Crippen molar-refractivity contribution in [1.29, 1.82) is 0 Å². The molecule has 0 saturated carbocycles. The Balaban J connectivity index is 2.37. The van der Waals surface area contributed by atoms with E-state index in [4.69, 9.17) is 16.6 Å². The van der Waals surface area contributed by atoms with Crippen molar-refractivity contribution in [2.24, 2.45) is 0 Å². The first-order valence-electron chi connectivity index (χ1n) is 7.40. The molecule has 0 aliphatic heterocycles. The molecule has 1 aromatic heterocycles. The highest BCUT2D eigenvalue weighted by Crippen LogP contribution is 2.25. The Kier molecular flexibility index (Phi) is 5.06. The van der Waals surface area contributed by atoms with Crippen molar-refractivity contribution >= 4 is 22.6 Å². The smallest absolute Gasteiger partial charge is 0.127 e. The predicted octanol–water partition coefficient (Wildman–Crippen LogP) is 3.99. The van der Waals surface area contributed by atoms with Crippen LogP contribution < -0.4 is 0 Å². The van der Waals surface area contributed by atoms with Crippen LogP contribution in [0.1, 0.15) is 37.5 Å². The van der Waals surface area contributed by atoms with Crippen LogP contribution >= 0.6 is 11.6 Å². The number of aryl methyl sites for hydroxylation is 1. The van der Waals surface area contributed by atoms with Crippen LogP contribution in [-0.4, -0.2) is 34.1 Å². The molecule has 1 unspecified atom stereocenters. The molecule has 4 heteroatoms. The number of halogens is 1. The lowest BCUT2D eigenvalue weighted by Gasteiger charge is -2.19. The van der Waals surface area contributed by atoms with Gasteiger partial charge in [0.1, 0.15) is 5.82 Å². The fraction of sp³-hybridized carbons (Fsp3) is 0.562. The second-order valence-corrected chi connectivity index (χ2v) is 5.91. The van der Waals surface area contributed by atoms with Gasteiger partial charge in [0.05, 0.1) is 16.4 Å². The Morgan fingerprint density at radius 1 is 1.30 bits per heavy atom. The van der Waals surface area contributed by atoms with E-state index in [0.29, 0.717) is 0 Å². The highest BCUT2D eigenvalue weighted by Gasteiger charge is 2.15. The molecule has 1 heterocycles. The zero-order chi connectivity index (χ0) is 14.7. The van der Waals surface area contributed by atoms with Crippen molar-refractivity contribution < 1.29 is 0 Å². The largest absolute Gasteiger partial charge is 0.325 e. The average Bonchev–Trinajstić information content (AvgIpc) is 2.78. The molecule has 2 rings (SSSR count). The Morgan fingerprint density at radius 2 is 2.00 bits per heavy atom. The van der Waals surface area contributed by atoms with Crippen molar-refractivity contribution in [1.82, 2.24) is 14.5 Å². The van der Waals surface area contributed by atoms with Crippen molar-refractivity contribution in [3.05, 3.63) is 29.6 Å². The molecule has 110 valence electrons. The zero-order valence-corrected chi connectivity index (χ0v) is 13.6. The predicted molar refractivity (Wildman–Crippen MR) is 86.5 cm³/mol. The molecular weight excluding hydrogens is 270 g/mol. The quantitative estimate of drug-likeness (QED) is 0.751. The van der Waals surface area contributed by atoms with Gasteiger partial charge in [-0.25, -0.2) is 4.98 Å². The monoisotopic (exact) mass is 293 g/mol. The summed E-state index contributed by atoms with van der Waals surface area (Å²) in [5.41, 5.74) is 3.49. The molecule has 0 spiro atoms. The fourth-order valence-corrected chi connectivity index (χ4v) is 2.74. The van der Waals surface area contributed by atoms with Gasteiger partial charge in [0.15, 0.2) is 0 Å². The molecule has 0 radical (unpaired) electrons. The summed E-state index contributed by atoms with van der Waals surface area (Å²) < 4.78 is 2.28. The third-order valence-electron chi connectivity index (χ3n) is 3.82. The number of fused-ring (bicyclic) bond motifs is 1. The molecule has 0 saturated heterocycles. The summed E-state index contributed by atoms with van der Waals surface area (Å²) in [6.45, 7) is 12.6. The average molecular weight is 294 g/mol. The number of hydrogen-bond donors (Lipinski definition) is 0. The van der Waals surface area contributed by atoms with Gasteiger partial charge in [-0.2, -0.15) is 0 Å². The molecular formula is C16H24ClN3. The first-order valence-corrected chi connectivity index (χ1v) is 7.83. The zero-order valence-electron chi connectivity index (χ0n) is 12.9. The van der Waals surface area contributed by atoms with Crippen LogP contribution in [0.5, 0.6) is 0 Å². The normalized spacial score (nSPS) is 13.3. The van der Waals surface area contributed by atoms with Crippen molar-refractivity contribution in [2.75, 3.05) is 19.6 Å². The van der Waals surface area contributed by atoms with Gasteiger partial charge in [0.25, 0.3) is 0 Å².